The van der Waals surface area contributed by atoms with Crippen LogP contribution in [0.1, 0.15) is 12.0 Å². The number of hydrogen-bond acceptors (Lipinski definition) is 4. The molecule has 1 fully saturated rings. The van der Waals surface area contributed by atoms with Crippen molar-refractivity contribution >= 4 is 17.4 Å². The lowest BCUT2D eigenvalue weighted by Crippen LogP contribution is -2.23. The number of nitrogens with one attached hydrogen (secondary N) is 1. The monoisotopic (exact) mass is 249 g/mol. The van der Waals surface area contributed by atoms with Gasteiger partial charge in [0.25, 0.3) is 0 Å². The summed E-state index contributed by atoms with van der Waals surface area (Å²) in [5, 5.41) is 14.3. The lowest BCUT2D eigenvalue weighted by molar-refractivity contribution is -0.119. The number of anilines is 1. The highest BCUT2D eigenvalue weighted by Gasteiger charge is 2.23. The second kappa shape index (κ2) is 5.50. The van der Waals surface area contributed by atoms with Crippen LogP contribution >= 0.6 is 0 Å². The molecule has 2 rings (SSSR count). The lowest BCUT2D eigenvalue weighted by Gasteiger charge is -2.10. The van der Waals surface area contributed by atoms with E-state index in [1.807, 2.05) is 0 Å². The molecule has 1 aliphatic heterocycles. The van der Waals surface area contributed by atoms with Gasteiger partial charge in [0.2, 0.25) is 5.91 Å². The van der Waals surface area contributed by atoms with Crippen molar-refractivity contribution in [2.24, 2.45) is 16.8 Å². The third-order valence-corrected chi connectivity index (χ3v) is 2.83. The van der Waals surface area contributed by atoms with Crippen molar-refractivity contribution in [1.82, 2.24) is 0 Å². The Morgan fingerprint density at radius 3 is 3.06 bits per heavy atom. The van der Waals surface area contributed by atoms with Gasteiger partial charge in [-0.25, -0.2) is 0 Å². The van der Waals surface area contributed by atoms with Gasteiger partial charge in [-0.3, -0.25) is 4.79 Å². The minimum atomic E-state index is -0.0995. The van der Waals surface area contributed by atoms with Crippen molar-refractivity contribution in [2.75, 3.05) is 18.5 Å². The van der Waals surface area contributed by atoms with E-state index in [0.29, 0.717) is 24.5 Å². The number of nitrogens with two attached hydrogens (primary N) is 1. The minimum absolute atomic E-state index is 0.00954. The number of hydrogen-bond donors (Lipinski definition) is 3. The highest BCUT2D eigenvalue weighted by atomic mass is 16.5. The molecule has 0 aromatic heterocycles. The summed E-state index contributed by atoms with van der Waals surface area (Å²) >= 11 is 0. The van der Waals surface area contributed by atoms with E-state index in [2.05, 4.69) is 10.5 Å². The van der Waals surface area contributed by atoms with Crippen LogP contribution in [0.5, 0.6) is 0 Å². The molecule has 1 aliphatic rings. The third-order valence-electron chi connectivity index (χ3n) is 2.83. The van der Waals surface area contributed by atoms with Crippen LogP contribution in [0.4, 0.5) is 5.69 Å². The predicted molar refractivity (Wildman–Crippen MR) is 66.5 cm³/mol. The van der Waals surface area contributed by atoms with Gasteiger partial charge in [0.05, 0.1) is 12.5 Å². The second-order valence-electron chi connectivity index (χ2n) is 4.12. The lowest BCUT2D eigenvalue weighted by atomic mass is 10.1. The molecule has 1 aromatic carbocycles. The number of rotatable bonds is 3. The molecule has 6 heteroatoms. The number of carbonyl (C=O) groups is 1. The zero-order valence-corrected chi connectivity index (χ0v) is 9.80. The predicted octanol–water partition coefficient (Wildman–Crippen LogP) is 0.756. The fraction of sp³-hybridized carbons (Fsp3) is 0.333. The highest BCUT2D eigenvalue weighted by molar-refractivity contribution is 5.99. The number of oxime groups is 1. The molecule has 18 heavy (non-hydrogen) atoms. The van der Waals surface area contributed by atoms with E-state index in [4.69, 9.17) is 15.7 Å². The van der Waals surface area contributed by atoms with Crippen molar-refractivity contribution in [2.45, 2.75) is 6.42 Å². The molecular formula is C12H15N3O3. The van der Waals surface area contributed by atoms with Crippen LogP contribution in [0, 0.1) is 5.92 Å². The molecule has 6 nitrogen and oxygen atoms in total. The van der Waals surface area contributed by atoms with Gasteiger partial charge in [0.15, 0.2) is 5.84 Å². The Hall–Kier alpha value is -2.08. The summed E-state index contributed by atoms with van der Waals surface area (Å²) in [5.74, 6) is -0.156. The third kappa shape index (κ3) is 2.78. The maximum absolute atomic E-state index is 11.9. The summed E-state index contributed by atoms with van der Waals surface area (Å²) in [6.07, 6.45) is 0.742. The minimum Gasteiger partial charge on any atom is -0.409 e. The second-order valence-corrected chi connectivity index (χ2v) is 4.12. The summed E-state index contributed by atoms with van der Waals surface area (Å²) in [5.41, 5.74) is 6.66. The van der Waals surface area contributed by atoms with Gasteiger partial charge in [-0.15, -0.1) is 0 Å². The summed E-state index contributed by atoms with van der Waals surface area (Å²) in [4.78, 5) is 11.9. The van der Waals surface area contributed by atoms with Gasteiger partial charge < -0.3 is 21.0 Å². The molecule has 4 N–H and O–H groups in total. The van der Waals surface area contributed by atoms with Gasteiger partial charge in [-0.2, -0.15) is 0 Å². The molecule has 1 atom stereocenters. The Kier molecular flexibility index (Phi) is 3.78. The Labute approximate surface area is 104 Å². The molecular weight excluding hydrogens is 234 g/mol. The number of benzene rings is 1. The maximum Gasteiger partial charge on any atom is 0.229 e. The first-order valence-corrected chi connectivity index (χ1v) is 5.67. The normalized spacial score (nSPS) is 19.8. The van der Waals surface area contributed by atoms with Crippen molar-refractivity contribution in [3.8, 4) is 0 Å². The standard InChI is InChI=1S/C12H15N3O3/c13-11(15-17)8-2-1-3-10(6-8)14-12(16)9-4-5-18-7-9/h1-3,6,9,17H,4-5,7H2,(H2,13,15)(H,14,16). The van der Waals surface area contributed by atoms with Crippen molar-refractivity contribution in [1.29, 1.82) is 0 Å². The van der Waals surface area contributed by atoms with E-state index < -0.39 is 0 Å². The van der Waals surface area contributed by atoms with Gasteiger partial charge in [-0.05, 0) is 18.6 Å². The van der Waals surface area contributed by atoms with Crippen molar-refractivity contribution in [3.63, 3.8) is 0 Å². The van der Waals surface area contributed by atoms with Crippen LogP contribution in [0.25, 0.3) is 0 Å². The molecule has 1 heterocycles. The van der Waals surface area contributed by atoms with E-state index in [1.54, 1.807) is 24.3 Å². The molecule has 0 spiro atoms. The molecule has 0 radical (unpaired) electrons. The van der Waals surface area contributed by atoms with Gasteiger partial charge in [0.1, 0.15) is 0 Å². The first-order chi connectivity index (χ1) is 8.70. The molecule has 1 saturated heterocycles. The fourth-order valence-corrected chi connectivity index (χ4v) is 1.80. The number of amidine groups is 1. The average Bonchev–Trinajstić information content (AvgIpc) is 2.92. The molecule has 0 aliphatic carbocycles. The molecule has 1 amide bonds. The smallest absolute Gasteiger partial charge is 0.229 e. The summed E-state index contributed by atoms with van der Waals surface area (Å²) < 4.78 is 5.16. The largest absolute Gasteiger partial charge is 0.409 e. The summed E-state index contributed by atoms with van der Waals surface area (Å²) in [7, 11) is 0. The van der Waals surface area contributed by atoms with E-state index in [1.165, 1.54) is 0 Å². The molecule has 96 valence electrons. The molecule has 0 saturated carbocycles. The zero-order chi connectivity index (χ0) is 13.0. The molecule has 0 bridgehead atoms. The van der Waals surface area contributed by atoms with Crippen LogP contribution in [-0.2, 0) is 9.53 Å². The van der Waals surface area contributed by atoms with Crippen LogP contribution in [-0.4, -0.2) is 30.2 Å². The van der Waals surface area contributed by atoms with Gasteiger partial charge in [0, 0.05) is 17.9 Å². The van der Waals surface area contributed by atoms with Gasteiger partial charge >= 0.3 is 0 Å². The Morgan fingerprint density at radius 2 is 2.39 bits per heavy atom. The zero-order valence-electron chi connectivity index (χ0n) is 9.80. The van der Waals surface area contributed by atoms with Gasteiger partial charge in [-0.1, -0.05) is 17.3 Å². The topological polar surface area (TPSA) is 96.9 Å². The first-order valence-electron chi connectivity index (χ1n) is 5.67. The quantitative estimate of drug-likeness (QED) is 0.319. The SMILES string of the molecule is N/C(=N/O)c1cccc(NC(=O)C2CCOC2)c1. The number of carbonyl (C=O) groups excluding carboxylic acids is 1. The van der Waals surface area contributed by atoms with Crippen LogP contribution < -0.4 is 11.1 Å². The van der Waals surface area contributed by atoms with E-state index >= 15 is 0 Å². The molecule has 1 unspecified atom stereocenters. The van der Waals surface area contributed by atoms with Crippen molar-refractivity contribution in [3.05, 3.63) is 29.8 Å². The summed E-state index contributed by atoms with van der Waals surface area (Å²) in [6.45, 7) is 1.09. The number of ether oxygens (including phenoxy) is 1. The maximum atomic E-state index is 11.9. The molecule has 1 aromatic rings. The average molecular weight is 249 g/mol. The Morgan fingerprint density at radius 1 is 1.56 bits per heavy atom. The van der Waals surface area contributed by atoms with Crippen LogP contribution in [0.3, 0.4) is 0 Å². The Bertz CT molecular complexity index is 467. The van der Waals surface area contributed by atoms with Crippen LogP contribution in [0.15, 0.2) is 29.4 Å². The highest BCUT2D eigenvalue weighted by Crippen LogP contribution is 2.16. The Balaban J connectivity index is 2.07. The van der Waals surface area contributed by atoms with E-state index in [-0.39, 0.29) is 17.7 Å². The van der Waals surface area contributed by atoms with Crippen LogP contribution in [0.2, 0.25) is 0 Å². The number of amides is 1. The number of nitrogens with zero attached hydrogens (tertiary/aromatic N) is 1. The van der Waals surface area contributed by atoms with Crippen molar-refractivity contribution < 1.29 is 14.7 Å². The first kappa shape index (κ1) is 12.4. The van der Waals surface area contributed by atoms with E-state index in [9.17, 15) is 4.79 Å². The fourth-order valence-electron chi connectivity index (χ4n) is 1.80. The summed E-state index contributed by atoms with van der Waals surface area (Å²) in [6, 6.07) is 6.84. The van der Waals surface area contributed by atoms with E-state index in [0.717, 1.165) is 6.42 Å².